The molecule has 0 unspecified atom stereocenters. The van der Waals surface area contributed by atoms with Gasteiger partial charge in [-0.3, -0.25) is 9.59 Å². The molecular formula is C14H16FNO6. The van der Waals surface area contributed by atoms with Gasteiger partial charge in [0.05, 0.1) is 6.42 Å². The lowest BCUT2D eigenvalue weighted by atomic mass is 10.1. The highest BCUT2D eigenvalue weighted by molar-refractivity contribution is 5.81. The van der Waals surface area contributed by atoms with Crippen LogP contribution in [0.5, 0.6) is 11.5 Å². The minimum atomic E-state index is -1.07. The fourth-order valence-electron chi connectivity index (χ4n) is 2.28. The molecule has 0 aliphatic carbocycles. The number of methoxy groups -OCH3 is 1. The molecule has 0 fully saturated rings. The first kappa shape index (κ1) is 16.0. The number of rotatable bonds is 6. The smallest absolute Gasteiger partial charge is 0.303 e. The SMILES string of the molecule is COCOc1c(O)cc2c(c1F)CN(C(=O)CCC(=O)O)C2. The number of hydrogen-bond acceptors (Lipinski definition) is 5. The zero-order valence-corrected chi connectivity index (χ0v) is 12.0. The van der Waals surface area contributed by atoms with Crippen molar-refractivity contribution >= 4 is 11.9 Å². The van der Waals surface area contributed by atoms with Crippen molar-refractivity contribution in [3.63, 3.8) is 0 Å². The summed E-state index contributed by atoms with van der Waals surface area (Å²) in [6.45, 7) is -0.0728. The molecule has 7 nitrogen and oxygen atoms in total. The second-order valence-corrected chi connectivity index (χ2v) is 4.87. The Labute approximate surface area is 125 Å². The summed E-state index contributed by atoms with van der Waals surface area (Å²) in [7, 11) is 1.37. The molecule has 1 aliphatic rings. The molecule has 2 N–H and O–H groups in total. The average molecular weight is 313 g/mol. The number of fused-ring (bicyclic) bond motifs is 1. The van der Waals surface area contributed by atoms with Crippen molar-refractivity contribution in [2.24, 2.45) is 0 Å². The van der Waals surface area contributed by atoms with Crippen LogP contribution in [0.2, 0.25) is 0 Å². The standard InChI is InChI=1S/C14H16FNO6/c1-21-7-22-14-10(17)4-8-5-16(6-9(8)13(14)15)11(18)2-3-12(19)20/h4,17H,2-3,5-7H2,1H3,(H,19,20). The van der Waals surface area contributed by atoms with Gasteiger partial charge >= 0.3 is 5.97 Å². The summed E-state index contributed by atoms with van der Waals surface area (Å²) in [4.78, 5) is 23.7. The highest BCUT2D eigenvalue weighted by atomic mass is 19.1. The minimum Gasteiger partial charge on any atom is -0.504 e. The summed E-state index contributed by atoms with van der Waals surface area (Å²) in [5.41, 5.74) is 0.732. The lowest BCUT2D eigenvalue weighted by Crippen LogP contribution is -2.25. The van der Waals surface area contributed by atoms with Gasteiger partial charge in [-0.15, -0.1) is 0 Å². The molecule has 1 heterocycles. The molecule has 1 amide bonds. The number of benzene rings is 1. The van der Waals surface area contributed by atoms with Crippen LogP contribution in [0.4, 0.5) is 4.39 Å². The molecule has 8 heteroatoms. The molecule has 0 aromatic heterocycles. The van der Waals surface area contributed by atoms with Crippen molar-refractivity contribution < 1.29 is 33.7 Å². The first-order valence-electron chi connectivity index (χ1n) is 6.58. The summed E-state index contributed by atoms with van der Waals surface area (Å²) in [5, 5.41) is 18.4. The largest absolute Gasteiger partial charge is 0.504 e. The van der Waals surface area contributed by atoms with Crippen molar-refractivity contribution in [3.8, 4) is 11.5 Å². The van der Waals surface area contributed by atoms with Gasteiger partial charge in [-0.1, -0.05) is 0 Å². The molecular weight excluding hydrogens is 297 g/mol. The Kier molecular flexibility index (Phi) is 4.81. The van der Waals surface area contributed by atoms with E-state index >= 15 is 0 Å². The second kappa shape index (κ2) is 6.61. The van der Waals surface area contributed by atoms with E-state index in [9.17, 15) is 19.1 Å². The first-order chi connectivity index (χ1) is 10.4. The molecule has 0 spiro atoms. The Balaban J connectivity index is 2.15. The molecule has 0 saturated carbocycles. The van der Waals surface area contributed by atoms with Gasteiger partial charge in [-0.05, 0) is 11.6 Å². The van der Waals surface area contributed by atoms with E-state index in [0.717, 1.165) is 0 Å². The van der Waals surface area contributed by atoms with Gasteiger partial charge in [0.1, 0.15) is 0 Å². The summed E-state index contributed by atoms with van der Waals surface area (Å²) >= 11 is 0. The zero-order valence-electron chi connectivity index (χ0n) is 12.0. The summed E-state index contributed by atoms with van der Waals surface area (Å²) < 4.78 is 24.0. The fourth-order valence-corrected chi connectivity index (χ4v) is 2.28. The van der Waals surface area contributed by atoms with Crippen LogP contribution < -0.4 is 4.74 Å². The van der Waals surface area contributed by atoms with E-state index in [4.69, 9.17) is 9.84 Å². The predicted octanol–water partition coefficient (Wildman–Crippen LogP) is 1.22. The molecule has 1 aliphatic heterocycles. The molecule has 1 aromatic rings. The van der Waals surface area contributed by atoms with Crippen LogP contribution in [-0.2, 0) is 27.4 Å². The Bertz CT molecular complexity index is 603. The Morgan fingerprint density at radius 3 is 2.73 bits per heavy atom. The summed E-state index contributed by atoms with van der Waals surface area (Å²) in [5.74, 6) is -2.87. The normalized spacial score (nSPS) is 13.1. The lowest BCUT2D eigenvalue weighted by Gasteiger charge is -2.14. The summed E-state index contributed by atoms with van der Waals surface area (Å²) in [6, 6.07) is 1.34. The fraction of sp³-hybridized carbons (Fsp3) is 0.429. The van der Waals surface area contributed by atoms with Gasteiger partial charge < -0.3 is 24.6 Å². The number of hydrogen-bond donors (Lipinski definition) is 2. The van der Waals surface area contributed by atoms with Gasteiger partial charge in [0, 0.05) is 32.2 Å². The van der Waals surface area contributed by atoms with E-state index in [1.807, 2.05) is 0 Å². The minimum absolute atomic E-state index is 0.0171. The number of carboxylic acids is 1. The van der Waals surface area contributed by atoms with Crippen LogP contribution in [-0.4, -0.2) is 40.9 Å². The molecule has 0 radical (unpaired) electrons. The summed E-state index contributed by atoms with van der Waals surface area (Å²) in [6.07, 6.45) is -0.425. The average Bonchev–Trinajstić information content (AvgIpc) is 2.88. The number of amides is 1. The quantitative estimate of drug-likeness (QED) is 0.767. The van der Waals surface area contributed by atoms with E-state index in [2.05, 4.69) is 4.74 Å². The third kappa shape index (κ3) is 3.28. The maximum absolute atomic E-state index is 14.3. The topological polar surface area (TPSA) is 96.3 Å². The number of phenols is 1. The van der Waals surface area contributed by atoms with Crippen LogP contribution in [0, 0.1) is 5.82 Å². The number of ether oxygens (including phenoxy) is 2. The number of carbonyl (C=O) groups is 2. The van der Waals surface area contributed by atoms with Crippen molar-refractivity contribution in [1.82, 2.24) is 4.90 Å². The van der Waals surface area contributed by atoms with Crippen LogP contribution in [0.15, 0.2) is 6.07 Å². The molecule has 22 heavy (non-hydrogen) atoms. The van der Waals surface area contributed by atoms with Crippen LogP contribution in [0.3, 0.4) is 0 Å². The van der Waals surface area contributed by atoms with E-state index in [0.29, 0.717) is 5.56 Å². The zero-order chi connectivity index (χ0) is 16.3. The van der Waals surface area contributed by atoms with Crippen LogP contribution in [0.25, 0.3) is 0 Å². The number of carbonyl (C=O) groups excluding carboxylic acids is 1. The van der Waals surface area contributed by atoms with Gasteiger partial charge in [-0.2, -0.15) is 0 Å². The van der Waals surface area contributed by atoms with Gasteiger partial charge in [0.2, 0.25) is 5.91 Å². The molecule has 2 rings (SSSR count). The van der Waals surface area contributed by atoms with Crippen molar-refractivity contribution in [1.29, 1.82) is 0 Å². The number of phenolic OH excluding ortho intramolecular Hbond substituents is 1. The molecule has 0 saturated heterocycles. The Morgan fingerprint density at radius 1 is 1.36 bits per heavy atom. The van der Waals surface area contributed by atoms with E-state index in [1.165, 1.54) is 18.1 Å². The van der Waals surface area contributed by atoms with Crippen molar-refractivity contribution in [3.05, 3.63) is 23.0 Å². The first-order valence-corrected chi connectivity index (χ1v) is 6.58. The number of carboxylic acid groups (broad SMARTS) is 1. The number of aromatic hydroxyl groups is 1. The molecule has 1 aromatic carbocycles. The molecule has 120 valence electrons. The lowest BCUT2D eigenvalue weighted by molar-refractivity contribution is -0.141. The Hall–Kier alpha value is -2.35. The number of nitrogens with zero attached hydrogens (tertiary/aromatic N) is 1. The maximum atomic E-state index is 14.3. The molecule has 0 atom stereocenters. The number of aliphatic carboxylic acids is 1. The second-order valence-electron chi connectivity index (χ2n) is 4.87. The van der Waals surface area contributed by atoms with Crippen LogP contribution >= 0.6 is 0 Å². The van der Waals surface area contributed by atoms with E-state index < -0.39 is 11.8 Å². The highest BCUT2D eigenvalue weighted by Crippen LogP contribution is 2.38. The van der Waals surface area contributed by atoms with Gasteiger partial charge in [0.25, 0.3) is 0 Å². The van der Waals surface area contributed by atoms with Gasteiger partial charge in [0.15, 0.2) is 24.1 Å². The number of halogens is 1. The van der Waals surface area contributed by atoms with Crippen molar-refractivity contribution in [2.45, 2.75) is 25.9 Å². The Morgan fingerprint density at radius 2 is 2.09 bits per heavy atom. The molecule has 0 bridgehead atoms. The van der Waals surface area contributed by atoms with Crippen molar-refractivity contribution in [2.75, 3.05) is 13.9 Å². The van der Waals surface area contributed by atoms with Gasteiger partial charge in [-0.25, -0.2) is 4.39 Å². The third-order valence-electron chi connectivity index (χ3n) is 3.33. The monoisotopic (exact) mass is 313 g/mol. The highest BCUT2D eigenvalue weighted by Gasteiger charge is 2.29. The van der Waals surface area contributed by atoms with E-state index in [1.54, 1.807) is 0 Å². The maximum Gasteiger partial charge on any atom is 0.303 e. The predicted molar refractivity (Wildman–Crippen MR) is 71.7 cm³/mol. The van der Waals surface area contributed by atoms with Crippen LogP contribution in [0.1, 0.15) is 24.0 Å². The third-order valence-corrected chi connectivity index (χ3v) is 3.33. The van der Waals surface area contributed by atoms with E-state index in [-0.39, 0.29) is 55.7 Å².